The van der Waals surface area contributed by atoms with Crippen molar-refractivity contribution in [2.45, 2.75) is 6.10 Å². The van der Waals surface area contributed by atoms with E-state index in [1.165, 1.54) is 0 Å². The minimum atomic E-state index is -0.806. The first-order valence-corrected chi connectivity index (χ1v) is 9.75. The minimum absolute atomic E-state index is 0.0881. The second-order valence-corrected chi connectivity index (χ2v) is 7.13. The maximum atomic E-state index is 12.4. The number of methoxy groups -OCH3 is 1. The number of hydrogen-bond acceptors (Lipinski definition) is 5. The monoisotopic (exact) mass is 393 g/mol. The predicted molar refractivity (Wildman–Crippen MR) is 110 cm³/mol. The van der Waals surface area contributed by atoms with Gasteiger partial charge in [-0.2, -0.15) is 11.3 Å². The van der Waals surface area contributed by atoms with E-state index in [0.29, 0.717) is 11.3 Å². The third-order valence-corrected chi connectivity index (χ3v) is 5.24. The smallest absolute Gasteiger partial charge is 0.287 e. The van der Waals surface area contributed by atoms with Gasteiger partial charge in [0.05, 0.1) is 13.2 Å². The van der Waals surface area contributed by atoms with Crippen LogP contribution in [-0.2, 0) is 0 Å². The van der Waals surface area contributed by atoms with E-state index in [1.54, 1.807) is 30.6 Å². The molecular weight excluding hydrogens is 374 g/mol. The van der Waals surface area contributed by atoms with Crippen molar-refractivity contribution < 1.29 is 19.1 Å². The molecule has 0 bridgehead atoms. The summed E-state index contributed by atoms with van der Waals surface area (Å²) < 4.78 is 10.9. The highest BCUT2D eigenvalue weighted by atomic mass is 32.1. The van der Waals surface area contributed by atoms with Crippen molar-refractivity contribution in [1.82, 2.24) is 5.32 Å². The van der Waals surface area contributed by atoms with Crippen molar-refractivity contribution in [3.8, 4) is 16.9 Å². The Hall–Kier alpha value is -3.09. The quantitative estimate of drug-likeness (QED) is 0.501. The van der Waals surface area contributed by atoms with Gasteiger partial charge in [0.15, 0.2) is 17.1 Å². The summed E-state index contributed by atoms with van der Waals surface area (Å²) in [7, 11) is 1.55. The highest BCUT2D eigenvalue weighted by Crippen LogP contribution is 2.28. The molecule has 2 aromatic carbocycles. The molecule has 0 aliphatic carbocycles. The highest BCUT2D eigenvalue weighted by molar-refractivity contribution is 7.08. The summed E-state index contributed by atoms with van der Waals surface area (Å²) in [6.07, 6.45) is -0.806. The van der Waals surface area contributed by atoms with Crippen LogP contribution in [0.25, 0.3) is 22.1 Å². The lowest BCUT2D eigenvalue weighted by Crippen LogP contribution is -2.28. The Bertz CT molecular complexity index is 1080. The molecule has 0 saturated carbocycles. The number of thiophene rings is 1. The Balaban J connectivity index is 1.41. The molecule has 2 N–H and O–H groups in total. The molecule has 4 aromatic rings. The molecule has 1 amide bonds. The number of hydrogen-bond donors (Lipinski definition) is 2. The van der Waals surface area contributed by atoms with Crippen molar-refractivity contribution in [1.29, 1.82) is 0 Å². The Morgan fingerprint density at radius 3 is 2.71 bits per heavy atom. The maximum Gasteiger partial charge on any atom is 0.287 e. The standard InChI is InChI=1S/C22H19NO4S/c1-26-19-4-2-3-16-11-20(27-21(16)19)22(25)23-12-18(24)15-7-5-14(6-8-15)17-9-10-28-13-17/h2-11,13,18,24H,12H2,1H3,(H,23,25)/t18-/m0/s1. The Morgan fingerprint density at radius 1 is 1.18 bits per heavy atom. The zero-order valence-electron chi connectivity index (χ0n) is 15.2. The molecule has 2 heterocycles. The number of amides is 1. The van der Waals surface area contributed by atoms with Crippen LogP contribution in [0.1, 0.15) is 22.2 Å². The summed E-state index contributed by atoms with van der Waals surface area (Å²) in [6.45, 7) is 0.0881. The molecule has 28 heavy (non-hydrogen) atoms. The van der Waals surface area contributed by atoms with Gasteiger partial charge < -0.3 is 19.6 Å². The van der Waals surface area contributed by atoms with Crippen LogP contribution >= 0.6 is 11.3 Å². The van der Waals surface area contributed by atoms with Crippen LogP contribution in [0.3, 0.4) is 0 Å². The zero-order chi connectivity index (χ0) is 19.5. The Morgan fingerprint density at radius 2 is 2.00 bits per heavy atom. The molecule has 4 rings (SSSR count). The number of para-hydroxylation sites is 1. The summed E-state index contributed by atoms with van der Waals surface area (Å²) in [5.74, 6) is 0.369. The van der Waals surface area contributed by atoms with Gasteiger partial charge in [0.1, 0.15) is 0 Å². The van der Waals surface area contributed by atoms with E-state index in [4.69, 9.17) is 9.15 Å². The number of ether oxygens (including phenoxy) is 1. The van der Waals surface area contributed by atoms with Crippen LogP contribution < -0.4 is 10.1 Å². The molecule has 0 saturated heterocycles. The Labute approximate surface area is 166 Å². The third kappa shape index (κ3) is 3.65. The molecule has 142 valence electrons. The van der Waals surface area contributed by atoms with Gasteiger partial charge in [0.2, 0.25) is 0 Å². The first-order chi connectivity index (χ1) is 13.7. The number of carbonyl (C=O) groups excluding carboxylic acids is 1. The first kappa shape index (κ1) is 18.3. The summed E-state index contributed by atoms with van der Waals surface area (Å²) in [5, 5.41) is 18.0. The van der Waals surface area contributed by atoms with Crippen molar-refractivity contribution in [3.63, 3.8) is 0 Å². The zero-order valence-corrected chi connectivity index (χ0v) is 16.0. The number of fused-ring (bicyclic) bond motifs is 1. The minimum Gasteiger partial charge on any atom is -0.493 e. The molecule has 6 heteroatoms. The van der Waals surface area contributed by atoms with Gasteiger partial charge >= 0.3 is 0 Å². The lowest BCUT2D eigenvalue weighted by Gasteiger charge is -2.12. The van der Waals surface area contributed by atoms with Crippen LogP contribution in [0.5, 0.6) is 5.75 Å². The number of aliphatic hydroxyl groups excluding tert-OH is 1. The summed E-state index contributed by atoms with van der Waals surface area (Å²) in [5.41, 5.74) is 3.52. The average molecular weight is 393 g/mol. The fraction of sp³-hybridized carbons (Fsp3) is 0.136. The predicted octanol–water partition coefficient (Wildman–Crippen LogP) is 4.63. The first-order valence-electron chi connectivity index (χ1n) is 8.81. The van der Waals surface area contributed by atoms with Gasteiger partial charge in [-0.3, -0.25) is 4.79 Å². The molecule has 0 unspecified atom stereocenters. The third-order valence-electron chi connectivity index (χ3n) is 4.56. The van der Waals surface area contributed by atoms with E-state index in [1.807, 2.05) is 41.8 Å². The molecule has 2 aromatic heterocycles. The molecule has 0 spiro atoms. The Kier molecular flexibility index (Phi) is 5.14. The second-order valence-electron chi connectivity index (χ2n) is 6.35. The lowest BCUT2D eigenvalue weighted by atomic mass is 10.0. The maximum absolute atomic E-state index is 12.4. The SMILES string of the molecule is COc1cccc2cc(C(=O)NC[C@H](O)c3ccc(-c4ccsc4)cc3)oc12. The van der Waals surface area contributed by atoms with Crippen molar-refractivity contribution >= 4 is 28.2 Å². The molecule has 0 radical (unpaired) electrons. The van der Waals surface area contributed by atoms with Crippen LogP contribution in [0, 0.1) is 0 Å². The highest BCUT2D eigenvalue weighted by Gasteiger charge is 2.16. The number of aliphatic hydroxyl groups is 1. The normalized spacial score (nSPS) is 12.1. The van der Waals surface area contributed by atoms with E-state index in [9.17, 15) is 9.90 Å². The number of furan rings is 1. The number of carbonyl (C=O) groups is 1. The topological polar surface area (TPSA) is 71.7 Å². The number of benzene rings is 2. The molecule has 0 aliphatic rings. The lowest BCUT2D eigenvalue weighted by molar-refractivity contribution is 0.0891. The van der Waals surface area contributed by atoms with Crippen molar-refractivity contribution in [2.75, 3.05) is 13.7 Å². The molecule has 0 aliphatic heterocycles. The molecule has 5 nitrogen and oxygen atoms in total. The molecule has 1 atom stereocenters. The van der Waals surface area contributed by atoms with Gasteiger partial charge in [-0.15, -0.1) is 0 Å². The van der Waals surface area contributed by atoms with Gasteiger partial charge in [-0.05, 0) is 45.6 Å². The van der Waals surface area contributed by atoms with Crippen molar-refractivity contribution in [2.24, 2.45) is 0 Å². The van der Waals surface area contributed by atoms with Gasteiger partial charge in [-0.1, -0.05) is 36.4 Å². The van der Waals surface area contributed by atoms with Crippen LogP contribution in [0.2, 0.25) is 0 Å². The molecular formula is C22H19NO4S. The van der Waals surface area contributed by atoms with Crippen molar-refractivity contribution in [3.05, 3.63) is 76.7 Å². The summed E-state index contributed by atoms with van der Waals surface area (Å²) in [6, 6.07) is 16.8. The van der Waals surface area contributed by atoms with Gasteiger partial charge in [0.25, 0.3) is 5.91 Å². The fourth-order valence-corrected chi connectivity index (χ4v) is 3.69. The van der Waals surface area contributed by atoms with E-state index >= 15 is 0 Å². The number of nitrogens with one attached hydrogen (secondary N) is 1. The van der Waals surface area contributed by atoms with Crippen LogP contribution in [-0.4, -0.2) is 24.7 Å². The largest absolute Gasteiger partial charge is 0.493 e. The van der Waals surface area contributed by atoms with Gasteiger partial charge in [0, 0.05) is 11.9 Å². The van der Waals surface area contributed by atoms with E-state index in [0.717, 1.165) is 22.1 Å². The van der Waals surface area contributed by atoms with E-state index < -0.39 is 6.10 Å². The fourth-order valence-electron chi connectivity index (χ4n) is 3.03. The van der Waals surface area contributed by atoms with E-state index in [-0.39, 0.29) is 18.2 Å². The van der Waals surface area contributed by atoms with Crippen LogP contribution in [0.15, 0.2) is 69.8 Å². The van der Waals surface area contributed by atoms with E-state index in [2.05, 4.69) is 16.8 Å². The molecule has 0 fully saturated rings. The van der Waals surface area contributed by atoms with Crippen LogP contribution in [0.4, 0.5) is 0 Å². The summed E-state index contributed by atoms with van der Waals surface area (Å²) in [4.78, 5) is 12.4. The summed E-state index contributed by atoms with van der Waals surface area (Å²) >= 11 is 1.64. The average Bonchev–Trinajstić information content (AvgIpc) is 3.41. The van der Waals surface area contributed by atoms with Gasteiger partial charge in [-0.25, -0.2) is 0 Å². The number of rotatable bonds is 6. The second kappa shape index (κ2) is 7.88.